The smallest absolute Gasteiger partial charge is 0.408 e. The average molecular weight is 241 g/mol. The summed E-state index contributed by atoms with van der Waals surface area (Å²) in [6, 6.07) is -0.350. The number of hydrogen-bond acceptors (Lipinski definition) is 4. The van der Waals surface area contributed by atoms with Crippen molar-refractivity contribution in [3.05, 3.63) is 12.2 Å². The van der Waals surface area contributed by atoms with Crippen LogP contribution in [0.4, 0.5) is 4.79 Å². The molecule has 96 valence electrons. The summed E-state index contributed by atoms with van der Waals surface area (Å²) in [7, 11) is 1.34. The van der Waals surface area contributed by atoms with E-state index >= 15 is 0 Å². The molecule has 0 fully saturated rings. The van der Waals surface area contributed by atoms with Crippen LogP contribution in [0.3, 0.4) is 0 Å². The zero-order valence-electron chi connectivity index (χ0n) is 10.6. The Hall–Kier alpha value is -1.52. The summed E-state index contributed by atoms with van der Waals surface area (Å²) in [4.78, 5) is 23.0. The maximum Gasteiger partial charge on any atom is 0.408 e. The number of esters is 1. The lowest BCUT2D eigenvalue weighted by molar-refractivity contribution is -0.145. The summed E-state index contributed by atoms with van der Waals surface area (Å²) in [6.07, 6.45) is 3.69. The maximum atomic E-state index is 11.6. The molecule has 0 spiro atoms. The number of carbonyl (C=O) groups excluding carboxylic acids is 2. The van der Waals surface area contributed by atoms with E-state index in [4.69, 9.17) is 4.74 Å². The minimum Gasteiger partial charge on any atom is -0.469 e. The summed E-state index contributed by atoms with van der Waals surface area (Å²) in [5.74, 6) is -0.677. The summed E-state index contributed by atoms with van der Waals surface area (Å²) in [5.41, 5.74) is -0.548. The number of hydrogen-bond donors (Lipinski definition) is 1. The van der Waals surface area contributed by atoms with Gasteiger partial charge in [-0.1, -0.05) is 12.2 Å². The van der Waals surface area contributed by atoms with Crippen LogP contribution < -0.4 is 5.32 Å². The predicted octanol–water partition coefficient (Wildman–Crippen LogP) is 1.63. The Bertz CT molecular complexity index is 330. The van der Waals surface area contributed by atoms with Crippen molar-refractivity contribution in [2.45, 2.75) is 38.8 Å². The monoisotopic (exact) mass is 241 g/mol. The van der Waals surface area contributed by atoms with Gasteiger partial charge in [-0.05, 0) is 27.2 Å². The molecule has 0 aromatic heterocycles. The van der Waals surface area contributed by atoms with Crippen molar-refractivity contribution >= 4 is 12.1 Å². The van der Waals surface area contributed by atoms with Gasteiger partial charge in [-0.3, -0.25) is 4.79 Å². The van der Waals surface area contributed by atoms with Crippen LogP contribution in [0, 0.1) is 5.92 Å². The van der Waals surface area contributed by atoms with E-state index in [-0.39, 0.29) is 17.9 Å². The molecular weight excluding hydrogens is 222 g/mol. The Labute approximate surface area is 101 Å². The quantitative estimate of drug-likeness (QED) is 0.589. The molecule has 1 amide bonds. The summed E-state index contributed by atoms with van der Waals surface area (Å²) in [5, 5.41) is 2.65. The fraction of sp³-hybridized carbons (Fsp3) is 0.667. The number of ether oxygens (including phenoxy) is 2. The highest BCUT2D eigenvalue weighted by Crippen LogP contribution is 2.20. The lowest BCUT2D eigenvalue weighted by Crippen LogP contribution is -2.42. The van der Waals surface area contributed by atoms with Crippen LogP contribution in [0.1, 0.15) is 27.2 Å². The van der Waals surface area contributed by atoms with E-state index in [0.29, 0.717) is 6.42 Å². The Morgan fingerprint density at radius 2 is 2.00 bits per heavy atom. The fourth-order valence-corrected chi connectivity index (χ4v) is 1.64. The van der Waals surface area contributed by atoms with Gasteiger partial charge in [0.15, 0.2) is 0 Å². The molecule has 0 aliphatic heterocycles. The van der Waals surface area contributed by atoms with Crippen LogP contribution in [0.5, 0.6) is 0 Å². The van der Waals surface area contributed by atoms with Gasteiger partial charge in [0.25, 0.3) is 0 Å². The number of amides is 1. The Morgan fingerprint density at radius 1 is 1.35 bits per heavy atom. The first-order valence-electron chi connectivity index (χ1n) is 5.57. The van der Waals surface area contributed by atoms with Gasteiger partial charge in [0, 0.05) is 0 Å². The second kappa shape index (κ2) is 5.21. The molecule has 2 atom stereocenters. The molecular formula is C12H19NO4. The molecule has 0 aromatic rings. The van der Waals surface area contributed by atoms with Crippen LogP contribution >= 0.6 is 0 Å². The highest BCUT2D eigenvalue weighted by atomic mass is 16.6. The Kier molecular flexibility index (Phi) is 4.15. The van der Waals surface area contributed by atoms with E-state index in [9.17, 15) is 9.59 Å². The summed E-state index contributed by atoms with van der Waals surface area (Å²) in [6.45, 7) is 5.36. The van der Waals surface area contributed by atoms with Crippen molar-refractivity contribution in [2.75, 3.05) is 7.11 Å². The largest absolute Gasteiger partial charge is 0.469 e. The molecule has 0 heterocycles. The van der Waals surface area contributed by atoms with Gasteiger partial charge in [-0.2, -0.15) is 0 Å². The van der Waals surface area contributed by atoms with E-state index < -0.39 is 11.7 Å². The number of alkyl carbamates (subject to hydrolysis) is 1. The van der Waals surface area contributed by atoms with Crippen LogP contribution in [0.25, 0.3) is 0 Å². The van der Waals surface area contributed by atoms with Gasteiger partial charge < -0.3 is 14.8 Å². The number of carbonyl (C=O) groups is 2. The molecule has 5 heteroatoms. The number of rotatable bonds is 2. The average Bonchev–Trinajstić information content (AvgIpc) is 2.61. The first-order chi connectivity index (χ1) is 7.83. The van der Waals surface area contributed by atoms with Crippen molar-refractivity contribution in [1.29, 1.82) is 0 Å². The molecule has 1 N–H and O–H groups in total. The van der Waals surface area contributed by atoms with Crippen molar-refractivity contribution < 1.29 is 19.1 Å². The second-order valence-corrected chi connectivity index (χ2v) is 4.97. The van der Waals surface area contributed by atoms with Gasteiger partial charge in [-0.25, -0.2) is 4.79 Å². The van der Waals surface area contributed by atoms with E-state index in [2.05, 4.69) is 10.1 Å². The third kappa shape index (κ3) is 4.09. The van der Waals surface area contributed by atoms with Crippen molar-refractivity contribution in [3.8, 4) is 0 Å². The lowest BCUT2D eigenvalue weighted by atomic mass is 10.0. The number of nitrogens with one attached hydrogen (secondary N) is 1. The van der Waals surface area contributed by atoms with E-state index in [1.165, 1.54) is 7.11 Å². The van der Waals surface area contributed by atoms with Crippen molar-refractivity contribution in [3.63, 3.8) is 0 Å². The third-order valence-electron chi connectivity index (χ3n) is 2.35. The van der Waals surface area contributed by atoms with E-state index in [1.54, 1.807) is 26.8 Å². The fourth-order valence-electron chi connectivity index (χ4n) is 1.64. The van der Waals surface area contributed by atoms with Gasteiger partial charge in [0.2, 0.25) is 0 Å². The predicted molar refractivity (Wildman–Crippen MR) is 62.4 cm³/mol. The first kappa shape index (κ1) is 13.5. The highest BCUT2D eigenvalue weighted by molar-refractivity contribution is 5.76. The summed E-state index contributed by atoms with van der Waals surface area (Å²) < 4.78 is 9.80. The molecule has 17 heavy (non-hydrogen) atoms. The number of allylic oxidation sites excluding steroid dienone is 1. The van der Waals surface area contributed by atoms with Gasteiger partial charge in [0.05, 0.1) is 19.1 Å². The zero-order chi connectivity index (χ0) is 13.1. The Balaban J connectivity index is 2.53. The molecule has 1 aliphatic carbocycles. The van der Waals surface area contributed by atoms with Gasteiger partial charge in [0.1, 0.15) is 5.60 Å². The minimum absolute atomic E-state index is 0.323. The normalized spacial score (nSPS) is 23.3. The van der Waals surface area contributed by atoms with E-state index in [1.807, 2.05) is 6.08 Å². The van der Waals surface area contributed by atoms with Crippen LogP contribution in [-0.2, 0) is 14.3 Å². The van der Waals surface area contributed by atoms with Crippen molar-refractivity contribution in [2.24, 2.45) is 5.92 Å². The van der Waals surface area contributed by atoms with E-state index in [0.717, 1.165) is 0 Å². The lowest BCUT2D eigenvalue weighted by Gasteiger charge is -2.23. The molecule has 5 nitrogen and oxygen atoms in total. The topological polar surface area (TPSA) is 64.6 Å². The SMILES string of the molecule is COC(=O)[C@H]1CC=C[C@@H]1NC(=O)OC(C)(C)C. The van der Waals surface area contributed by atoms with Crippen LogP contribution in [0.2, 0.25) is 0 Å². The molecule has 0 aromatic carbocycles. The zero-order valence-corrected chi connectivity index (χ0v) is 10.6. The molecule has 0 saturated heterocycles. The Morgan fingerprint density at radius 3 is 2.53 bits per heavy atom. The molecule has 0 saturated carbocycles. The van der Waals surface area contributed by atoms with Gasteiger partial charge >= 0.3 is 12.1 Å². The molecule has 0 bridgehead atoms. The van der Waals surface area contributed by atoms with Crippen molar-refractivity contribution in [1.82, 2.24) is 5.32 Å². The van der Waals surface area contributed by atoms with Crippen LogP contribution in [-0.4, -0.2) is 30.8 Å². The maximum absolute atomic E-state index is 11.6. The summed E-state index contributed by atoms with van der Waals surface area (Å²) >= 11 is 0. The number of methoxy groups -OCH3 is 1. The molecule has 0 unspecified atom stereocenters. The molecule has 1 aliphatic rings. The molecule has 0 radical (unpaired) electrons. The second-order valence-electron chi connectivity index (χ2n) is 4.97. The highest BCUT2D eigenvalue weighted by Gasteiger charge is 2.32. The third-order valence-corrected chi connectivity index (χ3v) is 2.35. The molecule has 1 rings (SSSR count). The van der Waals surface area contributed by atoms with Crippen LogP contribution in [0.15, 0.2) is 12.2 Å². The van der Waals surface area contributed by atoms with Gasteiger partial charge in [-0.15, -0.1) is 0 Å². The first-order valence-corrected chi connectivity index (χ1v) is 5.57. The minimum atomic E-state index is -0.548. The standard InChI is InChI=1S/C12H19NO4/c1-12(2,3)17-11(15)13-9-7-5-6-8(9)10(14)16-4/h5,7-9H,6H2,1-4H3,(H,13,15)/t8-,9-/m0/s1.